The average Bonchev–Trinajstić information content (AvgIpc) is 2.80. The molecule has 4 fully saturated rings. The molecule has 0 aromatic rings. The fraction of sp³-hybridized carbons (Fsp3) is 0.879. The van der Waals surface area contributed by atoms with E-state index in [1.54, 1.807) is 14.0 Å². The first-order valence-electron chi connectivity index (χ1n) is 15.0. The van der Waals surface area contributed by atoms with Crippen molar-refractivity contribution in [3.05, 3.63) is 12.2 Å². The van der Waals surface area contributed by atoms with Crippen LogP contribution in [0.1, 0.15) is 113 Å². The van der Waals surface area contributed by atoms with Crippen LogP contribution in [-0.4, -0.2) is 25.2 Å². The van der Waals surface area contributed by atoms with Gasteiger partial charge in [-0.2, -0.15) is 0 Å². The van der Waals surface area contributed by atoms with Gasteiger partial charge < -0.3 is 9.47 Å². The molecule has 5 aliphatic carbocycles. The molecular formula is C33H52O4. The lowest BCUT2D eigenvalue weighted by Gasteiger charge is -2.71. The fourth-order valence-corrected chi connectivity index (χ4v) is 11.3. The van der Waals surface area contributed by atoms with Crippen LogP contribution in [0.3, 0.4) is 0 Å². The summed E-state index contributed by atoms with van der Waals surface area (Å²) in [6.07, 6.45) is 14.8. The summed E-state index contributed by atoms with van der Waals surface area (Å²) < 4.78 is 11.4. The smallest absolute Gasteiger partial charge is 0.312 e. The van der Waals surface area contributed by atoms with E-state index in [1.165, 1.54) is 12.8 Å². The number of allylic oxidation sites excluding steroid dienone is 2. The first-order valence-corrected chi connectivity index (χ1v) is 15.0. The number of hydrogen-bond donors (Lipinski definition) is 0. The van der Waals surface area contributed by atoms with Gasteiger partial charge in [-0.3, -0.25) is 9.59 Å². The molecule has 0 spiro atoms. The van der Waals surface area contributed by atoms with Crippen LogP contribution in [0.5, 0.6) is 0 Å². The number of hydrogen-bond acceptors (Lipinski definition) is 4. The van der Waals surface area contributed by atoms with E-state index in [1.807, 2.05) is 0 Å². The molecule has 4 saturated carbocycles. The predicted octanol–water partition coefficient (Wildman–Crippen LogP) is 7.75. The van der Waals surface area contributed by atoms with E-state index in [0.717, 1.165) is 44.9 Å². The Balaban J connectivity index is 1.55. The minimum absolute atomic E-state index is 0.00293. The minimum atomic E-state index is -0.326. The molecule has 208 valence electrons. The topological polar surface area (TPSA) is 52.6 Å². The fourth-order valence-electron chi connectivity index (χ4n) is 11.3. The standard InChI is InChI=1S/C33H52O4/c1-21(34)37-26-13-14-30(6)24(29(26,4)5)12-15-32(8)25(30)11-10-22-23-20-28(2,3)16-18-33(23,27(35)36-9)19-17-31(22,32)7/h10-11,22-26H,12-20H2,1-9H3/t22-,23-,24-,25-,26-,30-,31-,32-,33-/m0/s1. The Morgan fingerprint density at radius 1 is 0.811 bits per heavy atom. The van der Waals surface area contributed by atoms with Crippen molar-refractivity contribution in [3.63, 3.8) is 0 Å². The maximum atomic E-state index is 13.4. The molecular weight excluding hydrogens is 460 g/mol. The second-order valence-corrected chi connectivity index (χ2v) is 15.9. The molecule has 0 heterocycles. The summed E-state index contributed by atoms with van der Waals surface area (Å²) in [5, 5.41) is 0. The highest BCUT2D eigenvalue weighted by atomic mass is 16.5. The van der Waals surface area contributed by atoms with E-state index in [4.69, 9.17) is 9.47 Å². The van der Waals surface area contributed by atoms with E-state index in [0.29, 0.717) is 23.7 Å². The zero-order chi connectivity index (χ0) is 27.2. The zero-order valence-electron chi connectivity index (χ0n) is 25.0. The summed E-state index contributed by atoms with van der Waals surface area (Å²) in [5.41, 5.74) is 0.423. The quantitative estimate of drug-likeness (QED) is 0.280. The normalized spacial score (nSPS) is 49.5. The maximum Gasteiger partial charge on any atom is 0.312 e. The van der Waals surface area contributed by atoms with Gasteiger partial charge in [-0.15, -0.1) is 0 Å². The van der Waals surface area contributed by atoms with Gasteiger partial charge in [0.1, 0.15) is 6.10 Å². The van der Waals surface area contributed by atoms with Crippen molar-refractivity contribution in [2.45, 2.75) is 119 Å². The number of carbonyl (C=O) groups is 2. The summed E-state index contributed by atoms with van der Waals surface area (Å²) in [4.78, 5) is 25.3. The van der Waals surface area contributed by atoms with Crippen molar-refractivity contribution in [3.8, 4) is 0 Å². The Morgan fingerprint density at radius 3 is 2.14 bits per heavy atom. The summed E-state index contributed by atoms with van der Waals surface area (Å²) >= 11 is 0. The zero-order valence-corrected chi connectivity index (χ0v) is 25.0. The van der Waals surface area contributed by atoms with Crippen LogP contribution >= 0.6 is 0 Å². The summed E-state index contributed by atoms with van der Waals surface area (Å²) in [6, 6.07) is 0. The number of ether oxygens (including phenoxy) is 2. The van der Waals surface area contributed by atoms with Gasteiger partial charge in [-0.05, 0) is 103 Å². The van der Waals surface area contributed by atoms with Gasteiger partial charge in [0.25, 0.3) is 0 Å². The second-order valence-electron chi connectivity index (χ2n) is 15.9. The van der Waals surface area contributed by atoms with Crippen molar-refractivity contribution in [1.29, 1.82) is 0 Å². The predicted molar refractivity (Wildman–Crippen MR) is 147 cm³/mol. The summed E-state index contributed by atoms with van der Waals surface area (Å²) in [5.74, 6) is 1.66. The molecule has 0 aromatic heterocycles. The highest BCUT2D eigenvalue weighted by Gasteiger charge is 2.70. The lowest BCUT2D eigenvalue weighted by atomic mass is 9.33. The Labute approximate surface area is 225 Å². The molecule has 5 rings (SSSR count). The third-order valence-corrected chi connectivity index (χ3v) is 13.5. The van der Waals surface area contributed by atoms with Crippen molar-refractivity contribution in [1.82, 2.24) is 0 Å². The first kappa shape index (κ1) is 27.3. The molecule has 0 amide bonds. The Hall–Kier alpha value is -1.32. The molecule has 9 atom stereocenters. The summed E-state index contributed by atoms with van der Waals surface area (Å²) in [6.45, 7) is 18.8. The SMILES string of the molecule is COC(=O)[C@]12CCC(C)(C)C[C@H]1[C@@H]1C=C[C@H]3[C@@]4(C)CC[C@H](OC(C)=O)C(C)(C)[C@@H]4CC[C@]3(C)[C@@]1(C)CC2. The van der Waals surface area contributed by atoms with Crippen molar-refractivity contribution >= 4 is 11.9 Å². The minimum Gasteiger partial charge on any atom is -0.469 e. The van der Waals surface area contributed by atoms with Gasteiger partial charge in [0.05, 0.1) is 12.5 Å². The number of rotatable bonds is 2. The van der Waals surface area contributed by atoms with E-state index >= 15 is 0 Å². The van der Waals surface area contributed by atoms with Crippen molar-refractivity contribution < 1.29 is 19.1 Å². The number of esters is 2. The molecule has 4 heteroatoms. The van der Waals surface area contributed by atoms with Gasteiger partial charge in [-0.1, -0.05) is 60.6 Å². The number of fused-ring (bicyclic) bond motifs is 7. The Morgan fingerprint density at radius 2 is 1.49 bits per heavy atom. The largest absolute Gasteiger partial charge is 0.469 e. The molecule has 4 nitrogen and oxygen atoms in total. The number of carbonyl (C=O) groups excluding carboxylic acids is 2. The van der Waals surface area contributed by atoms with Crippen LogP contribution < -0.4 is 0 Å². The third-order valence-electron chi connectivity index (χ3n) is 13.5. The van der Waals surface area contributed by atoms with Crippen LogP contribution in [0, 0.1) is 56.2 Å². The highest BCUT2D eigenvalue weighted by Crippen LogP contribution is 2.75. The van der Waals surface area contributed by atoms with Crippen molar-refractivity contribution in [2.24, 2.45) is 56.2 Å². The summed E-state index contributed by atoms with van der Waals surface area (Å²) in [7, 11) is 1.59. The average molecular weight is 513 g/mol. The second kappa shape index (κ2) is 8.34. The molecule has 0 radical (unpaired) electrons. The molecule has 0 unspecified atom stereocenters. The molecule has 0 N–H and O–H groups in total. The first-order chi connectivity index (χ1) is 17.1. The maximum absolute atomic E-state index is 13.4. The van der Waals surface area contributed by atoms with Gasteiger partial charge in [0.2, 0.25) is 0 Å². The highest BCUT2D eigenvalue weighted by molar-refractivity contribution is 5.78. The van der Waals surface area contributed by atoms with E-state index in [9.17, 15) is 9.59 Å². The van der Waals surface area contributed by atoms with Gasteiger partial charge >= 0.3 is 11.9 Å². The van der Waals surface area contributed by atoms with Gasteiger partial charge in [0, 0.05) is 12.3 Å². The van der Waals surface area contributed by atoms with Crippen LogP contribution in [0.2, 0.25) is 0 Å². The lowest BCUT2D eigenvalue weighted by Crippen LogP contribution is -2.66. The van der Waals surface area contributed by atoms with Gasteiger partial charge in [0.15, 0.2) is 0 Å². The van der Waals surface area contributed by atoms with E-state index < -0.39 is 0 Å². The van der Waals surface area contributed by atoms with Crippen LogP contribution in [0.25, 0.3) is 0 Å². The molecule has 5 aliphatic rings. The number of methoxy groups -OCH3 is 1. The molecule has 0 aromatic carbocycles. The van der Waals surface area contributed by atoms with Crippen molar-refractivity contribution in [2.75, 3.05) is 7.11 Å². The Kier molecular flexibility index (Phi) is 6.14. The Bertz CT molecular complexity index is 994. The van der Waals surface area contributed by atoms with E-state index in [-0.39, 0.29) is 50.5 Å². The van der Waals surface area contributed by atoms with Crippen LogP contribution in [0.15, 0.2) is 12.2 Å². The van der Waals surface area contributed by atoms with Crippen LogP contribution in [-0.2, 0) is 19.1 Å². The van der Waals surface area contributed by atoms with E-state index in [2.05, 4.69) is 60.6 Å². The van der Waals surface area contributed by atoms with Gasteiger partial charge in [-0.25, -0.2) is 0 Å². The van der Waals surface area contributed by atoms with Crippen LogP contribution in [0.4, 0.5) is 0 Å². The molecule has 0 aliphatic heterocycles. The molecule has 37 heavy (non-hydrogen) atoms. The third kappa shape index (κ3) is 3.58. The monoisotopic (exact) mass is 512 g/mol. The molecule has 0 saturated heterocycles. The molecule has 0 bridgehead atoms. The lowest BCUT2D eigenvalue weighted by molar-refractivity contribution is -0.226.